The van der Waals surface area contributed by atoms with Crippen molar-refractivity contribution in [1.82, 2.24) is 0 Å². The molecule has 0 radical (unpaired) electrons. The highest BCUT2D eigenvalue weighted by molar-refractivity contribution is 7.82. The molecule has 8 heteroatoms. The van der Waals surface area contributed by atoms with E-state index in [-0.39, 0.29) is 47.1 Å². The van der Waals surface area contributed by atoms with Gasteiger partial charge in [-0.2, -0.15) is 0 Å². The lowest BCUT2D eigenvalue weighted by molar-refractivity contribution is -0.142. The molecule has 0 aromatic heterocycles. The Morgan fingerprint density at radius 1 is 0.839 bits per heavy atom. The number of nitrogens with two attached hydrogens (primary N) is 2. The van der Waals surface area contributed by atoms with Crippen LogP contribution >= 0.6 is 24.4 Å². The number of carboxylic acids is 1. The Balaban J connectivity index is 2.38. The van der Waals surface area contributed by atoms with Crippen LogP contribution in [0.5, 0.6) is 0 Å². The molecule has 162 valence electrons. The Bertz CT molecular complexity index is 912. The van der Waals surface area contributed by atoms with Crippen LogP contribution in [0.15, 0.2) is 60.7 Å². The van der Waals surface area contributed by atoms with Crippen molar-refractivity contribution in [3.05, 3.63) is 71.8 Å². The third-order valence-corrected chi connectivity index (χ3v) is 6.01. The lowest BCUT2D eigenvalue weighted by atomic mass is 9.72. The van der Waals surface area contributed by atoms with Gasteiger partial charge in [0, 0.05) is 46.3 Å². The van der Waals surface area contributed by atoms with E-state index in [1.54, 1.807) is 60.7 Å². The molecule has 0 heterocycles. The predicted molar refractivity (Wildman–Crippen MR) is 128 cm³/mol. The molecular formula is C23H24N2O4S2. The molecule has 0 saturated carbocycles. The normalized spacial score (nSPS) is 12.1. The van der Waals surface area contributed by atoms with Gasteiger partial charge in [0.15, 0.2) is 11.6 Å². The zero-order valence-electron chi connectivity index (χ0n) is 16.8. The van der Waals surface area contributed by atoms with E-state index in [9.17, 15) is 19.5 Å². The summed E-state index contributed by atoms with van der Waals surface area (Å²) in [4.78, 5) is 37.7. The fourth-order valence-electron chi connectivity index (χ4n) is 3.23. The lowest BCUT2D eigenvalue weighted by Gasteiger charge is -2.33. The molecule has 0 aliphatic carbocycles. The van der Waals surface area contributed by atoms with Crippen LogP contribution in [0.1, 0.15) is 40.0 Å². The second-order valence-corrected chi connectivity index (χ2v) is 8.17. The van der Waals surface area contributed by atoms with Gasteiger partial charge in [-0.3, -0.25) is 14.4 Å². The number of thiocarbonyl (C=S) groups is 2. The lowest BCUT2D eigenvalue weighted by Crippen LogP contribution is -2.51. The summed E-state index contributed by atoms with van der Waals surface area (Å²) >= 11 is 10.9. The van der Waals surface area contributed by atoms with E-state index in [0.717, 1.165) is 0 Å². The number of aliphatic carboxylic acids is 1. The zero-order valence-corrected chi connectivity index (χ0v) is 18.5. The first-order valence-corrected chi connectivity index (χ1v) is 10.5. The van der Waals surface area contributed by atoms with Crippen LogP contribution in [0, 0.1) is 5.41 Å². The fraction of sp³-hybridized carbons (Fsp3) is 0.261. The van der Waals surface area contributed by atoms with Gasteiger partial charge in [-0.05, 0) is 6.42 Å². The predicted octanol–water partition coefficient (Wildman–Crippen LogP) is 3.02. The van der Waals surface area contributed by atoms with Crippen molar-refractivity contribution in [2.75, 3.05) is 6.54 Å². The van der Waals surface area contributed by atoms with Crippen LogP contribution in [0.2, 0.25) is 0 Å². The third kappa shape index (κ3) is 5.95. The number of Topliss-reactive ketones (excluding diaryl/α,β-unsaturated/α-hetero) is 2. The Labute approximate surface area is 191 Å². The largest absolute Gasteiger partial charge is 0.480 e. The van der Waals surface area contributed by atoms with Crippen molar-refractivity contribution in [3.63, 3.8) is 0 Å². The molecule has 5 N–H and O–H groups in total. The highest BCUT2D eigenvalue weighted by Crippen LogP contribution is 2.33. The number of carbonyl (C=O) groups is 3. The topological polar surface area (TPSA) is 123 Å². The number of carbonyl (C=O) groups excluding carboxylic acids is 2. The van der Waals surface area contributed by atoms with Gasteiger partial charge < -0.3 is 16.6 Å². The molecule has 2 aromatic rings. The second kappa shape index (κ2) is 11.1. The second-order valence-electron chi connectivity index (χ2n) is 7.19. The Morgan fingerprint density at radius 2 is 1.23 bits per heavy atom. The Morgan fingerprint density at radius 3 is 1.55 bits per heavy atom. The van der Waals surface area contributed by atoms with Crippen LogP contribution in [0.25, 0.3) is 0 Å². The summed E-state index contributed by atoms with van der Waals surface area (Å²) in [6, 6.07) is 16.1. The number of benzene rings is 2. The summed E-state index contributed by atoms with van der Waals surface area (Å²) < 4.78 is 0. The fourth-order valence-corrected chi connectivity index (χ4v) is 4.15. The Kier molecular flexibility index (Phi) is 8.82. The zero-order chi connectivity index (χ0) is 23.0. The molecular weight excluding hydrogens is 432 g/mol. The highest BCUT2D eigenvalue weighted by Gasteiger charge is 2.48. The minimum atomic E-state index is -1.90. The molecule has 0 fully saturated rings. The Hall–Kier alpha value is -2.65. The summed E-state index contributed by atoms with van der Waals surface area (Å²) in [5.74, 6) is -2.02. The molecule has 0 saturated heterocycles. The standard InChI is InChI=1S/C23H24N2O4S2/c24-14-17(25)13-23(22(28)29,20(30)11-18(26)15-7-3-1-4-8-15)21(31)12-19(27)16-9-5-2-6-10-16/h1-10,17H,11-14,24-25H2,(H,28,29). The first kappa shape index (κ1) is 24.6. The van der Waals surface area contributed by atoms with Gasteiger partial charge in [0.2, 0.25) is 0 Å². The molecule has 0 bridgehead atoms. The van der Waals surface area contributed by atoms with Crippen molar-refractivity contribution < 1.29 is 19.5 Å². The molecule has 0 aliphatic rings. The number of hydrogen-bond donors (Lipinski definition) is 3. The van der Waals surface area contributed by atoms with E-state index < -0.39 is 17.4 Å². The molecule has 2 rings (SSSR count). The average Bonchev–Trinajstić information content (AvgIpc) is 2.77. The van der Waals surface area contributed by atoms with E-state index in [0.29, 0.717) is 11.1 Å². The van der Waals surface area contributed by atoms with Crippen molar-refractivity contribution in [3.8, 4) is 0 Å². The summed E-state index contributed by atoms with van der Waals surface area (Å²) in [6.45, 7) is -0.000476. The van der Waals surface area contributed by atoms with Gasteiger partial charge in [0.05, 0.1) is 0 Å². The van der Waals surface area contributed by atoms with Gasteiger partial charge in [-0.15, -0.1) is 0 Å². The molecule has 0 amide bonds. The smallest absolute Gasteiger partial charge is 0.319 e. The van der Waals surface area contributed by atoms with Crippen LogP contribution in [-0.2, 0) is 4.79 Å². The molecule has 0 spiro atoms. The first-order chi connectivity index (χ1) is 14.7. The van der Waals surface area contributed by atoms with Crippen molar-refractivity contribution in [2.45, 2.75) is 25.3 Å². The number of carboxylic acid groups (broad SMARTS) is 1. The van der Waals surface area contributed by atoms with Crippen molar-refractivity contribution >= 4 is 51.7 Å². The number of ketones is 2. The molecule has 1 unspecified atom stereocenters. The summed E-state index contributed by atoms with van der Waals surface area (Å²) in [6.07, 6.45) is -0.828. The van der Waals surface area contributed by atoms with Crippen LogP contribution in [0.4, 0.5) is 0 Å². The molecule has 2 aromatic carbocycles. The maximum absolute atomic E-state index is 12.7. The molecule has 6 nitrogen and oxygen atoms in total. The minimum absolute atomic E-state index is 0.000476. The van der Waals surface area contributed by atoms with E-state index >= 15 is 0 Å². The maximum atomic E-state index is 12.7. The molecule has 1 atom stereocenters. The van der Waals surface area contributed by atoms with Crippen molar-refractivity contribution in [1.29, 1.82) is 0 Å². The van der Waals surface area contributed by atoms with Gasteiger partial charge in [0.25, 0.3) is 0 Å². The summed E-state index contributed by atoms with van der Waals surface area (Å²) in [5.41, 5.74) is 10.5. The highest BCUT2D eigenvalue weighted by atomic mass is 32.1. The third-order valence-electron chi connectivity index (χ3n) is 5.02. The van der Waals surface area contributed by atoms with E-state index in [2.05, 4.69) is 0 Å². The summed E-state index contributed by atoms with van der Waals surface area (Å²) in [5, 5.41) is 10.2. The van der Waals surface area contributed by atoms with Crippen LogP contribution in [-0.4, -0.2) is 45.0 Å². The summed E-state index contributed by atoms with van der Waals surface area (Å²) in [7, 11) is 0. The van der Waals surface area contributed by atoms with Gasteiger partial charge in [0.1, 0.15) is 5.41 Å². The van der Waals surface area contributed by atoms with Gasteiger partial charge in [-0.1, -0.05) is 85.1 Å². The number of hydrogen-bond acceptors (Lipinski definition) is 7. The first-order valence-electron chi connectivity index (χ1n) is 9.64. The van der Waals surface area contributed by atoms with Gasteiger partial charge >= 0.3 is 5.97 Å². The van der Waals surface area contributed by atoms with Crippen LogP contribution in [0.3, 0.4) is 0 Å². The van der Waals surface area contributed by atoms with E-state index in [1.807, 2.05) is 0 Å². The number of rotatable bonds is 12. The quantitative estimate of drug-likeness (QED) is 0.329. The minimum Gasteiger partial charge on any atom is -0.480 e. The maximum Gasteiger partial charge on any atom is 0.319 e. The van der Waals surface area contributed by atoms with Crippen molar-refractivity contribution in [2.24, 2.45) is 16.9 Å². The van der Waals surface area contributed by atoms with E-state index in [4.69, 9.17) is 35.9 Å². The molecule has 31 heavy (non-hydrogen) atoms. The van der Waals surface area contributed by atoms with E-state index in [1.165, 1.54) is 0 Å². The average molecular weight is 457 g/mol. The van der Waals surface area contributed by atoms with Gasteiger partial charge in [-0.25, -0.2) is 0 Å². The molecule has 0 aliphatic heterocycles. The monoisotopic (exact) mass is 456 g/mol. The van der Waals surface area contributed by atoms with Crippen LogP contribution < -0.4 is 11.5 Å². The SMILES string of the molecule is NCC(N)CC(C(=O)O)(C(=S)CC(=O)c1ccccc1)C(=S)CC(=O)c1ccccc1.